The van der Waals surface area contributed by atoms with Crippen molar-refractivity contribution in [2.45, 2.75) is 25.4 Å². The maximum Gasteiger partial charge on any atom is 0.326 e. The third kappa shape index (κ3) is 8.38. The van der Waals surface area contributed by atoms with Crippen molar-refractivity contribution >= 4 is 50.4 Å². The summed E-state index contributed by atoms with van der Waals surface area (Å²) < 4.78 is 31.0. The average Bonchev–Trinajstić information content (AvgIpc) is 2.98. The van der Waals surface area contributed by atoms with Gasteiger partial charge in [-0.05, 0) is 73.0 Å². The van der Waals surface area contributed by atoms with Crippen LogP contribution in [-0.2, 0) is 16.6 Å². The van der Waals surface area contributed by atoms with Gasteiger partial charge in [0.25, 0.3) is 0 Å². The molecule has 12 heteroatoms. The minimum Gasteiger partial charge on any atom is -0.439 e. The molecule has 1 aromatic heterocycles. The minimum absolute atomic E-state index is 0.0243. The molecule has 0 atom stereocenters. The van der Waals surface area contributed by atoms with E-state index in [1.807, 2.05) is 47.4 Å². The van der Waals surface area contributed by atoms with E-state index in [9.17, 15) is 13.2 Å². The van der Waals surface area contributed by atoms with E-state index in [1.165, 1.54) is 0 Å². The molecular formula is C31H33ClN6O4S. The zero-order chi connectivity index (χ0) is 30.4. The van der Waals surface area contributed by atoms with Crippen molar-refractivity contribution in [1.29, 1.82) is 0 Å². The molecule has 5 rings (SSSR count). The van der Waals surface area contributed by atoms with Crippen LogP contribution in [0.1, 0.15) is 18.4 Å². The molecule has 1 fully saturated rings. The zero-order valence-corrected chi connectivity index (χ0v) is 25.2. The van der Waals surface area contributed by atoms with Gasteiger partial charge in [0.1, 0.15) is 5.75 Å². The quantitative estimate of drug-likeness (QED) is 0.190. The van der Waals surface area contributed by atoms with Crippen LogP contribution in [-0.4, -0.2) is 49.7 Å². The highest BCUT2D eigenvalue weighted by atomic mass is 35.5. The highest BCUT2D eigenvalue weighted by molar-refractivity contribution is 7.92. The summed E-state index contributed by atoms with van der Waals surface area (Å²) in [5.74, 6) is 0.992. The molecule has 3 aromatic carbocycles. The summed E-state index contributed by atoms with van der Waals surface area (Å²) in [6.45, 7) is 2.37. The minimum atomic E-state index is -3.34. The van der Waals surface area contributed by atoms with Crippen LogP contribution in [0.15, 0.2) is 91.1 Å². The van der Waals surface area contributed by atoms with Gasteiger partial charge in [0.05, 0.1) is 17.0 Å². The lowest BCUT2D eigenvalue weighted by Gasteiger charge is -2.38. The summed E-state index contributed by atoms with van der Waals surface area (Å²) in [5, 5.41) is 3.42. The number of nitrogen functional groups attached to an aromatic ring is 1. The first-order valence-electron chi connectivity index (χ1n) is 13.8. The molecule has 0 unspecified atom stereocenters. The van der Waals surface area contributed by atoms with E-state index in [0.29, 0.717) is 33.7 Å². The van der Waals surface area contributed by atoms with Gasteiger partial charge in [0, 0.05) is 55.0 Å². The number of likely N-dealkylation sites (tertiary alicyclic amines) is 1. The van der Waals surface area contributed by atoms with Crippen molar-refractivity contribution < 1.29 is 17.9 Å². The second-order valence-corrected chi connectivity index (χ2v) is 12.5. The number of aromatic nitrogens is 1. The molecule has 0 saturated carbocycles. The molecule has 4 N–H and O–H groups in total. The average molecular weight is 621 g/mol. The fourth-order valence-corrected chi connectivity index (χ4v) is 5.65. The van der Waals surface area contributed by atoms with E-state index in [-0.39, 0.29) is 12.1 Å². The number of anilines is 4. The largest absolute Gasteiger partial charge is 0.439 e. The first-order valence-corrected chi connectivity index (χ1v) is 16.0. The Bertz CT molecular complexity index is 1650. The number of amides is 2. The summed E-state index contributed by atoms with van der Waals surface area (Å²) in [4.78, 5) is 22.1. The molecule has 1 aliphatic rings. The number of carbonyl (C=O) groups excluding carboxylic acids is 1. The zero-order valence-electron chi connectivity index (χ0n) is 23.6. The van der Waals surface area contributed by atoms with E-state index in [1.54, 1.807) is 48.7 Å². The van der Waals surface area contributed by atoms with Crippen LogP contribution in [0.25, 0.3) is 0 Å². The van der Waals surface area contributed by atoms with Gasteiger partial charge in [-0.1, -0.05) is 35.9 Å². The Kier molecular flexibility index (Phi) is 9.34. The van der Waals surface area contributed by atoms with Crippen molar-refractivity contribution in [1.82, 2.24) is 9.88 Å². The fraction of sp³-hybridized carbons (Fsp3) is 0.226. The maximum absolute atomic E-state index is 13.5. The van der Waals surface area contributed by atoms with Crippen molar-refractivity contribution in [2.24, 2.45) is 0 Å². The third-order valence-electron chi connectivity index (χ3n) is 7.01. The summed E-state index contributed by atoms with van der Waals surface area (Å²) in [7, 11) is -3.34. The Labute approximate surface area is 256 Å². The number of benzene rings is 3. The Balaban J connectivity index is 1.17. The Morgan fingerprint density at radius 1 is 1.02 bits per heavy atom. The van der Waals surface area contributed by atoms with Crippen LogP contribution in [0.4, 0.5) is 27.5 Å². The van der Waals surface area contributed by atoms with Crippen LogP contribution in [0, 0.1) is 0 Å². The van der Waals surface area contributed by atoms with E-state index in [4.69, 9.17) is 22.1 Å². The molecular weight excluding hydrogens is 588 g/mol. The van der Waals surface area contributed by atoms with Crippen molar-refractivity contribution in [3.8, 4) is 11.6 Å². The summed E-state index contributed by atoms with van der Waals surface area (Å²) in [6, 6.07) is 25.0. The molecule has 2 heterocycles. The topological polar surface area (TPSA) is 130 Å². The first-order chi connectivity index (χ1) is 20.6. The number of hydrogen-bond donors (Lipinski definition) is 3. The molecule has 2 amide bonds. The Hall–Kier alpha value is -4.32. The molecule has 10 nitrogen and oxygen atoms in total. The number of hydrogen-bond acceptors (Lipinski definition) is 7. The van der Waals surface area contributed by atoms with E-state index in [2.05, 4.69) is 19.9 Å². The number of halogens is 1. The smallest absolute Gasteiger partial charge is 0.326 e. The van der Waals surface area contributed by atoms with Crippen LogP contribution in [0.2, 0.25) is 5.02 Å². The van der Waals surface area contributed by atoms with Gasteiger partial charge in [-0.25, -0.2) is 18.2 Å². The highest BCUT2D eigenvalue weighted by Crippen LogP contribution is 2.28. The number of rotatable bonds is 9. The number of sulfonamides is 1. The lowest BCUT2D eigenvalue weighted by Crippen LogP contribution is -2.49. The molecule has 1 saturated heterocycles. The number of carbonyl (C=O) groups is 1. The van der Waals surface area contributed by atoms with Crippen molar-refractivity contribution in [3.05, 3.63) is 102 Å². The number of ether oxygens (including phenoxy) is 1. The lowest BCUT2D eigenvalue weighted by atomic mass is 10.0. The first kappa shape index (κ1) is 30.1. The second-order valence-electron chi connectivity index (χ2n) is 10.4. The maximum atomic E-state index is 13.5. The number of para-hydroxylation sites is 1. The fourth-order valence-electron chi connectivity index (χ4n) is 4.97. The lowest BCUT2D eigenvalue weighted by molar-refractivity contribution is 0.199. The van der Waals surface area contributed by atoms with Gasteiger partial charge < -0.3 is 15.8 Å². The molecule has 0 aliphatic carbocycles. The molecule has 0 bridgehead atoms. The third-order valence-corrected chi connectivity index (χ3v) is 7.96. The van der Waals surface area contributed by atoms with E-state index in [0.717, 1.165) is 50.0 Å². The molecule has 0 radical (unpaired) electrons. The molecule has 43 heavy (non-hydrogen) atoms. The van der Waals surface area contributed by atoms with Gasteiger partial charge in [-0.3, -0.25) is 14.5 Å². The summed E-state index contributed by atoms with van der Waals surface area (Å²) in [5.41, 5.74) is 9.28. The van der Waals surface area contributed by atoms with Crippen molar-refractivity contribution in [2.75, 3.05) is 40.0 Å². The molecule has 4 aromatic rings. The van der Waals surface area contributed by atoms with Gasteiger partial charge >= 0.3 is 6.03 Å². The SMILES string of the molecule is CS(=O)(=O)Nc1ccc(Oc2ccc(CN3CCC(N(C(=O)Nc4ccc(Cl)c(N)c4)c4ccccc4)CC3)cn2)cc1. The van der Waals surface area contributed by atoms with E-state index >= 15 is 0 Å². The Morgan fingerprint density at radius 2 is 1.72 bits per heavy atom. The number of piperidine rings is 1. The van der Waals surface area contributed by atoms with Gasteiger partial charge in [-0.15, -0.1) is 0 Å². The standard InChI is InChI=1S/C31H33ClN6O4S/c1-43(40,41)36-23-8-11-27(12-9-23)42-30-14-7-22(20-34-30)21-37-17-15-26(16-18-37)38(25-5-3-2-4-6-25)31(39)35-24-10-13-28(32)29(33)19-24/h2-14,19-20,26,36H,15-18,21,33H2,1H3,(H,35,39). The number of pyridine rings is 1. The predicted molar refractivity (Wildman–Crippen MR) is 171 cm³/mol. The monoisotopic (exact) mass is 620 g/mol. The number of nitrogens with one attached hydrogen (secondary N) is 2. The molecule has 0 spiro atoms. The molecule has 224 valence electrons. The number of urea groups is 1. The van der Waals surface area contributed by atoms with Crippen LogP contribution < -0.4 is 25.4 Å². The van der Waals surface area contributed by atoms with Gasteiger partial charge in [0.2, 0.25) is 15.9 Å². The van der Waals surface area contributed by atoms with Gasteiger partial charge in [-0.2, -0.15) is 0 Å². The van der Waals surface area contributed by atoms with Crippen LogP contribution in [0.5, 0.6) is 11.6 Å². The highest BCUT2D eigenvalue weighted by Gasteiger charge is 2.29. The van der Waals surface area contributed by atoms with Crippen molar-refractivity contribution in [3.63, 3.8) is 0 Å². The molecule has 1 aliphatic heterocycles. The van der Waals surface area contributed by atoms with Crippen LogP contribution >= 0.6 is 11.6 Å². The Morgan fingerprint density at radius 3 is 2.35 bits per heavy atom. The van der Waals surface area contributed by atoms with Crippen LogP contribution in [0.3, 0.4) is 0 Å². The van der Waals surface area contributed by atoms with E-state index < -0.39 is 10.0 Å². The normalized spacial score (nSPS) is 14.2. The number of nitrogens with zero attached hydrogens (tertiary/aromatic N) is 3. The summed E-state index contributed by atoms with van der Waals surface area (Å²) >= 11 is 6.05. The predicted octanol–water partition coefficient (Wildman–Crippen LogP) is 6.18. The van der Waals surface area contributed by atoms with Gasteiger partial charge in [0.15, 0.2) is 0 Å². The number of nitrogens with two attached hydrogens (primary N) is 1. The second kappa shape index (κ2) is 13.3. The summed E-state index contributed by atoms with van der Waals surface area (Å²) in [6.07, 6.45) is 4.51.